The van der Waals surface area contributed by atoms with Crippen molar-refractivity contribution >= 4 is 11.7 Å². The number of carbonyl (C=O) groups excluding carboxylic acids is 1. The van der Waals surface area contributed by atoms with Crippen LogP contribution in [-0.2, 0) is 6.42 Å². The number of nitrogens with zero attached hydrogens (tertiary/aromatic N) is 2. The van der Waals surface area contributed by atoms with Crippen molar-refractivity contribution < 1.29 is 22.7 Å². The van der Waals surface area contributed by atoms with E-state index in [4.69, 9.17) is 4.74 Å². The number of hydrogen-bond acceptors (Lipinski definition) is 4. The smallest absolute Gasteiger partial charge is 0.410 e. The highest BCUT2D eigenvalue weighted by Gasteiger charge is 2.47. The molecule has 1 amide bonds. The molecule has 9 heteroatoms. The molecule has 6 nitrogen and oxygen atoms in total. The quantitative estimate of drug-likeness (QED) is 0.587. The van der Waals surface area contributed by atoms with Gasteiger partial charge in [0.1, 0.15) is 17.1 Å². The first-order valence-electron chi connectivity index (χ1n) is 10.2. The Hall–Kier alpha value is -3.49. The maximum Gasteiger partial charge on any atom is 0.410 e. The fourth-order valence-corrected chi connectivity index (χ4v) is 3.84. The Bertz CT molecular complexity index is 1070. The molecule has 1 aliphatic heterocycles. The van der Waals surface area contributed by atoms with Crippen LogP contribution in [0, 0.1) is 0 Å². The number of carbonyl (C=O) groups is 1. The van der Waals surface area contributed by atoms with Crippen LogP contribution < -0.4 is 15.4 Å². The van der Waals surface area contributed by atoms with Crippen molar-refractivity contribution in [2.24, 2.45) is 0 Å². The molecule has 2 heterocycles. The number of nitrogens with one attached hydrogen (secondary N) is 2. The molecule has 0 saturated heterocycles. The molecule has 0 fully saturated rings. The summed E-state index contributed by atoms with van der Waals surface area (Å²) in [5, 5.41) is 9.77. The van der Waals surface area contributed by atoms with Crippen LogP contribution in [0.15, 0.2) is 60.8 Å². The van der Waals surface area contributed by atoms with Crippen LogP contribution in [0.5, 0.6) is 5.75 Å². The van der Waals surface area contributed by atoms with Gasteiger partial charge in [-0.25, -0.2) is 4.68 Å². The first-order valence-corrected chi connectivity index (χ1v) is 10.2. The predicted octanol–water partition coefficient (Wildman–Crippen LogP) is 4.52. The lowest BCUT2D eigenvalue weighted by Crippen LogP contribution is -2.36. The summed E-state index contributed by atoms with van der Waals surface area (Å²) >= 11 is 0. The maximum atomic E-state index is 13.8. The van der Waals surface area contributed by atoms with E-state index in [-0.39, 0.29) is 17.8 Å². The number of fused-ring (bicyclic) bond motifs is 1. The summed E-state index contributed by atoms with van der Waals surface area (Å²) in [7, 11) is 1.52. The largest absolute Gasteiger partial charge is 0.497 e. The molecule has 1 aromatic heterocycles. The molecule has 0 unspecified atom stereocenters. The predicted molar refractivity (Wildman–Crippen MR) is 114 cm³/mol. The van der Waals surface area contributed by atoms with Gasteiger partial charge in [0.15, 0.2) is 6.04 Å². The topological polar surface area (TPSA) is 68.2 Å². The molecule has 1 aliphatic rings. The highest BCUT2D eigenvalue weighted by Crippen LogP contribution is 2.44. The van der Waals surface area contributed by atoms with Crippen molar-refractivity contribution in [3.8, 4) is 5.75 Å². The first kappa shape index (κ1) is 21.7. The Labute approximate surface area is 183 Å². The van der Waals surface area contributed by atoms with E-state index in [9.17, 15) is 18.0 Å². The van der Waals surface area contributed by atoms with Gasteiger partial charge in [-0.2, -0.15) is 18.3 Å². The Morgan fingerprint density at radius 3 is 2.56 bits per heavy atom. The Morgan fingerprint density at radius 2 is 1.91 bits per heavy atom. The summed E-state index contributed by atoms with van der Waals surface area (Å²) in [4.78, 5) is 12.7. The standard InChI is InChI=1S/C23H23F3N4O2/c1-32-17-9-7-16(8-10-17)19-13-20(23(24,25)26)30-21(29-19)18(14-28-30)22(31)27-12-11-15-5-3-2-4-6-15/h2-10,14,19-20,29H,11-13H2,1H3,(H,27,31)/t19-,20-/m0/s1. The second kappa shape index (κ2) is 8.94. The number of anilines is 1. The summed E-state index contributed by atoms with van der Waals surface area (Å²) < 4.78 is 47.5. The second-order valence-electron chi connectivity index (χ2n) is 7.61. The minimum atomic E-state index is -4.51. The highest BCUT2D eigenvalue weighted by molar-refractivity contribution is 5.98. The van der Waals surface area contributed by atoms with Gasteiger partial charge in [0.2, 0.25) is 0 Å². The Balaban J connectivity index is 1.55. The fourth-order valence-electron chi connectivity index (χ4n) is 3.84. The second-order valence-corrected chi connectivity index (χ2v) is 7.61. The number of rotatable bonds is 6. The zero-order chi connectivity index (χ0) is 22.7. The molecule has 3 aromatic rings. The van der Waals surface area contributed by atoms with Gasteiger partial charge in [-0.1, -0.05) is 42.5 Å². The summed E-state index contributed by atoms with van der Waals surface area (Å²) in [6, 6.07) is 14.0. The van der Waals surface area contributed by atoms with E-state index in [1.807, 2.05) is 30.3 Å². The number of methoxy groups -OCH3 is 1. The molecule has 0 saturated carbocycles. The SMILES string of the molecule is COc1ccc([C@@H]2C[C@@H](C(F)(F)F)n3ncc(C(=O)NCCc4ccccc4)c3N2)cc1. The molecule has 168 valence electrons. The molecule has 2 aromatic carbocycles. The van der Waals surface area contributed by atoms with E-state index >= 15 is 0 Å². The lowest BCUT2D eigenvalue weighted by atomic mass is 9.96. The lowest BCUT2D eigenvalue weighted by Gasteiger charge is -2.34. The lowest BCUT2D eigenvalue weighted by molar-refractivity contribution is -0.173. The third-order valence-corrected chi connectivity index (χ3v) is 5.54. The van der Waals surface area contributed by atoms with Crippen molar-refractivity contribution in [3.63, 3.8) is 0 Å². The average Bonchev–Trinajstić information content (AvgIpc) is 3.22. The normalized spacial score (nSPS) is 17.9. The van der Waals surface area contributed by atoms with Crippen LogP contribution in [0.25, 0.3) is 0 Å². The molecule has 2 N–H and O–H groups in total. The van der Waals surface area contributed by atoms with Crippen LogP contribution in [0.3, 0.4) is 0 Å². The van der Waals surface area contributed by atoms with Crippen molar-refractivity contribution in [1.29, 1.82) is 0 Å². The third kappa shape index (κ3) is 4.56. The summed E-state index contributed by atoms with van der Waals surface area (Å²) in [5.74, 6) is 0.211. The fraction of sp³-hybridized carbons (Fsp3) is 0.304. The molecule has 32 heavy (non-hydrogen) atoms. The number of benzene rings is 2. The molecule has 0 spiro atoms. The number of amides is 1. The van der Waals surface area contributed by atoms with Gasteiger partial charge in [0, 0.05) is 13.0 Å². The molecular formula is C23H23F3N4O2. The first-order chi connectivity index (χ1) is 15.4. The zero-order valence-corrected chi connectivity index (χ0v) is 17.4. The third-order valence-electron chi connectivity index (χ3n) is 5.54. The number of ether oxygens (including phenoxy) is 1. The summed E-state index contributed by atoms with van der Waals surface area (Å²) in [6.07, 6.45) is -2.94. The van der Waals surface area contributed by atoms with Crippen molar-refractivity contribution in [1.82, 2.24) is 15.1 Å². The van der Waals surface area contributed by atoms with Gasteiger partial charge in [-0.05, 0) is 29.7 Å². The van der Waals surface area contributed by atoms with Crippen LogP contribution in [0.1, 0.15) is 40.0 Å². The number of alkyl halides is 3. The average molecular weight is 444 g/mol. The molecule has 4 rings (SSSR count). The Kier molecular flexibility index (Phi) is 6.07. The van der Waals surface area contributed by atoms with Crippen LogP contribution in [0.2, 0.25) is 0 Å². The van der Waals surface area contributed by atoms with E-state index in [0.717, 1.165) is 10.2 Å². The van der Waals surface area contributed by atoms with Crippen LogP contribution in [0.4, 0.5) is 19.0 Å². The monoisotopic (exact) mass is 444 g/mol. The van der Waals surface area contributed by atoms with E-state index in [1.54, 1.807) is 24.3 Å². The van der Waals surface area contributed by atoms with Gasteiger partial charge < -0.3 is 15.4 Å². The molecule has 2 atom stereocenters. The van der Waals surface area contributed by atoms with Gasteiger partial charge in [0.05, 0.1) is 19.3 Å². The Morgan fingerprint density at radius 1 is 1.19 bits per heavy atom. The molecule has 0 aliphatic carbocycles. The summed E-state index contributed by atoms with van der Waals surface area (Å²) in [6.45, 7) is 0.359. The van der Waals surface area contributed by atoms with Crippen LogP contribution >= 0.6 is 0 Å². The van der Waals surface area contributed by atoms with E-state index < -0.39 is 24.2 Å². The number of aromatic nitrogens is 2. The molecular weight excluding hydrogens is 421 g/mol. The zero-order valence-electron chi connectivity index (χ0n) is 17.4. The van der Waals surface area contributed by atoms with Crippen molar-refractivity contribution in [2.75, 3.05) is 19.0 Å². The number of halogens is 3. The number of hydrogen-bond donors (Lipinski definition) is 2. The van der Waals surface area contributed by atoms with E-state index in [1.165, 1.54) is 13.3 Å². The van der Waals surface area contributed by atoms with Gasteiger partial charge in [0.25, 0.3) is 5.91 Å². The molecule has 0 radical (unpaired) electrons. The van der Waals surface area contributed by atoms with Crippen molar-refractivity contribution in [2.45, 2.75) is 31.1 Å². The van der Waals surface area contributed by atoms with Crippen molar-refractivity contribution in [3.05, 3.63) is 77.5 Å². The highest BCUT2D eigenvalue weighted by atomic mass is 19.4. The van der Waals surface area contributed by atoms with Crippen LogP contribution in [-0.4, -0.2) is 35.5 Å². The maximum absolute atomic E-state index is 13.8. The summed E-state index contributed by atoms with van der Waals surface area (Å²) in [5.41, 5.74) is 1.81. The van der Waals surface area contributed by atoms with Gasteiger partial charge >= 0.3 is 6.18 Å². The van der Waals surface area contributed by atoms with Gasteiger partial charge in [-0.3, -0.25) is 4.79 Å². The van der Waals surface area contributed by atoms with Gasteiger partial charge in [-0.15, -0.1) is 0 Å². The van der Waals surface area contributed by atoms with E-state index in [0.29, 0.717) is 24.3 Å². The molecule has 0 bridgehead atoms. The van der Waals surface area contributed by atoms with E-state index in [2.05, 4.69) is 15.7 Å². The minimum Gasteiger partial charge on any atom is -0.497 e. The minimum absolute atomic E-state index is 0.0663.